The topological polar surface area (TPSA) is 39.9 Å². The second kappa shape index (κ2) is 9.00. The third kappa shape index (κ3) is 3.78. The summed E-state index contributed by atoms with van der Waals surface area (Å²) in [6.45, 7) is 9.70. The molecule has 0 amide bonds. The molecule has 1 unspecified atom stereocenters. The lowest BCUT2D eigenvalue weighted by molar-refractivity contribution is 0.109. The highest BCUT2D eigenvalue weighted by molar-refractivity contribution is 6.30. The van der Waals surface area contributed by atoms with Gasteiger partial charge in [0.05, 0.1) is 23.5 Å². The SMILES string of the molecule is CCN1CCN(c2cccc3nc(C4CCC[C@@H](c5ncccc5C)N4C)c(Cl)n23)CC1. The molecule has 2 fully saturated rings. The first-order valence-corrected chi connectivity index (χ1v) is 12.2. The fourth-order valence-corrected chi connectivity index (χ4v) is 5.79. The van der Waals surface area contributed by atoms with Crippen LogP contribution in [0.5, 0.6) is 0 Å². The van der Waals surface area contributed by atoms with Crippen molar-refractivity contribution in [1.82, 2.24) is 24.2 Å². The van der Waals surface area contributed by atoms with Crippen molar-refractivity contribution >= 4 is 23.1 Å². The summed E-state index contributed by atoms with van der Waals surface area (Å²) in [5.41, 5.74) is 4.35. The molecule has 0 saturated carbocycles. The molecule has 3 aromatic heterocycles. The lowest BCUT2D eigenvalue weighted by atomic mass is 9.91. The molecule has 6 nitrogen and oxygen atoms in total. The van der Waals surface area contributed by atoms with Crippen molar-refractivity contribution in [3.63, 3.8) is 0 Å². The number of piperidine rings is 1. The number of nitrogens with zero attached hydrogens (tertiary/aromatic N) is 6. The number of hydrogen-bond acceptors (Lipinski definition) is 5. The first-order chi connectivity index (χ1) is 15.6. The van der Waals surface area contributed by atoms with Crippen molar-refractivity contribution < 1.29 is 0 Å². The minimum atomic E-state index is 0.187. The van der Waals surface area contributed by atoms with Crippen molar-refractivity contribution in [2.75, 3.05) is 44.7 Å². The molecule has 7 heteroatoms. The number of hydrogen-bond donors (Lipinski definition) is 0. The molecule has 2 atom stereocenters. The van der Waals surface area contributed by atoms with Gasteiger partial charge in [-0.3, -0.25) is 14.3 Å². The number of piperazine rings is 1. The predicted molar refractivity (Wildman–Crippen MR) is 131 cm³/mol. The lowest BCUT2D eigenvalue weighted by Crippen LogP contribution is -2.46. The summed E-state index contributed by atoms with van der Waals surface area (Å²) < 4.78 is 2.15. The average Bonchev–Trinajstić information content (AvgIpc) is 3.16. The minimum absolute atomic E-state index is 0.187. The summed E-state index contributed by atoms with van der Waals surface area (Å²) in [6, 6.07) is 11.0. The summed E-state index contributed by atoms with van der Waals surface area (Å²) in [4.78, 5) is 17.2. The number of likely N-dealkylation sites (N-methyl/N-ethyl adjacent to an activating group) is 1. The molecule has 170 valence electrons. The van der Waals surface area contributed by atoms with Crippen LogP contribution < -0.4 is 4.90 Å². The molecule has 5 rings (SSSR count). The standard InChI is InChI=1S/C25H33ClN6/c1-4-30-14-16-31(17-15-30)22-12-6-11-21-28-24(25(26)32(21)22)20-10-5-9-19(29(20)3)23-18(2)8-7-13-27-23/h6-8,11-13,19-20H,4-5,9-10,14-17H2,1-3H3/t19-,20?/m0/s1. The van der Waals surface area contributed by atoms with E-state index in [1.165, 1.54) is 11.3 Å². The average molecular weight is 453 g/mol. The van der Waals surface area contributed by atoms with Gasteiger partial charge in [-0.1, -0.05) is 30.7 Å². The highest BCUT2D eigenvalue weighted by Crippen LogP contribution is 2.42. The fraction of sp³-hybridized carbons (Fsp3) is 0.520. The minimum Gasteiger partial charge on any atom is -0.355 e. The number of halogens is 1. The number of fused-ring (bicyclic) bond motifs is 1. The van der Waals surface area contributed by atoms with Crippen LogP contribution in [0.4, 0.5) is 5.82 Å². The van der Waals surface area contributed by atoms with Crippen molar-refractivity contribution in [2.24, 2.45) is 0 Å². The maximum Gasteiger partial charge on any atom is 0.139 e. The predicted octanol–water partition coefficient (Wildman–Crippen LogP) is 4.73. The van der Waals surface area contributed by atoms with Gasteiger partial charge in [-0.2, -0.15) is 0 Å². The Bertz CT molecular complexity index is 1090. The van der Waals surface area contributed by atoms with Crippen LogP contribution in [-0.4, -0.2) is 63.9 Å². The number of imidazole rings is 1. The Kier molecular flexibility index (Phi) is 6.10. The summed E-state index contributed by atoms with van der Waals surface area (Å²) >= 11 is 7.08. The third-order valence-corrected chi connectivity index (χ3v) is 7.72. The van der Waals surface area contributed by atoms with E-state index in [4.69, 9.17) is 21.6 Å². The lowest BCUT2D eigenvalue weighted by Gasteiger charge is -2.39. The first-order valence-electron chi connectivity index (χ1n) is 11.9. The molecule has 2 aliphatic heterocycles. The number of aryl methyl sites for hydroxylation is 1. The summed E-state index contributed by atoms with van der Waals surface area (Å²) in [7, 11) is 2.20. The van der Waals surface area contributed by atoms with E-state index in [1.807, 2.05) is 12.3 Å². The number of aromatic nitrogens is 3. The van der Waals surface area contributed by atoms with Crippen LogP contribution in [0.2, 0.25) is 5.15 Å². The van der Waals surface area contributed by atoms with Gasteiger partial charge >= 0.3 is 0 Å². The number of rotatable bonds is 4. The second-order valence-electron chi connectivity index (χ2n) is 9.12. The molecule has 0 radical (unpaired) electrons. The van der Waals surface area contributed by atoms with Gasteiger partial charge in [-0.05, 0) is 63.5 Å². The Morgan fingerprint density at radius 3 is 2.47 bits per heavy atom. The molecule has 32 heavy (non-hydrogen) atoms. The zero-order chi connectivity index (χ0) is 22.2. The zero-order valence-electron chi connectivity index (χ0n) is 19.3. The smallest absolute Gasteiger partial charge is 0.139 e. The summed E-state index contributed by atoms with van der Waals surface area (Å²) in [6.07, 6.45) is 5.23. The van der Waals surface area contributed by atoms with Gasteiger partial charge in [0.1, 0.15) is 16.6 Å². The molecule has 0 bridgehead atoms. The zero-order valence-corrected chi connectivity index (χ0v) is 20.1. The highest BCUT2D eigenvalue weighted by atomic mass is 35.5. The van der Waals surface area contributed by atoms with Gasteiger partial charge in [-0.25, -0.2) is 4.98 Å². The van der Waals surface area contributed by atoms with Gasteiger partial charge in [-0.15, -0.1) is 0 Å². The first kappa shape index (κ1) is 21.7. The second-order valence-corrected chi connectivity index (χ2v) is 9.48. The summed E-state index contributed by atoms with van der Waals surface area (Å²) in [5, 5.41) is 0.753. The van der Waals surface area contributed by atoms with Crippen LogP contribution in [0.15, 0.2) is 36.5 Å². The maximum atomic E-state index is 7.08. The van der Waals surface area contributed by atoms with Crippen LogP contribution >= 0.6 is 11.6 Å². The van der Waals surface area contributed by atoms with Crippen LogP contribution in [0.3, 0.4) is 0 Å². The Balaban J connectivity index is 1.48. The Morgan fingerprint density at radius 1 is 1.00 bits per heavy atom. The molecular formula is C25H33ClN6. The van der Waals surface area contributed by atoms with Crippen molar-refractivity contribution in [1.29, 1.82) is 0 Å². The molecule has 2 saturated heterocycles. The highest BCUT2D eigenvalue weighted by Gasteiger charge is 2.34. The van der Waals surface area contributed by atoms with E-state index in [2.05, 4.69) is 64.3 Å². The van der Waals surface area contributed by atoms with Crippen molar-refractivity contribution in [2.45, 2.75) is 45.2 Å². The van der Waals surface area contributed by atoms with Crippen LogP contribution in [-0.2, 0) is 0 Å². The van der Waals surface area contributed by atoms with E-state index in [9.17, 15) is 0 Å². The molecule has 5 heterocycles. The molecule has 0 spiro atoms. The van der Waals surface area contributed by atoms with E-state index in [1.54, 1.807) is 0 Å². The van der Waals surface area contributed by atoms with Gasteiger partial charge in [0.2, 0.25) is 0 Å². The van der Waals surface area contributed by atoms with E-state index in [-0.39, 0.29) is 12.1 Å². The quantitative estimate of drug-likeness (QED) is 0.572. The van der Waals surface area contributed by atoms with Gasteiger partial charge in [0.15, 0.2) is 0 Å². The van der Waals surface area contributed by atoms with Gasteiger partial charge in [0, 0.05) is 32.4 Å². The Morgan fingerprint density at radius 2 is 1.75 bits per heavy atom. The molecular weight excluding hydrogens is 420 g/mol. The van der Waals surface area contributed by atoms with E-state index in [0.29, 0.717) is 0 Å². The fourth-order valence-electron chi connectivity index (χ4n) is 5.45. The normalized spacial score (nSPS) is 23.2. The van der Waals surface area contributed by atoms with Gasteiger partial charge in [0.25, 0.3) is 0 Å². The van der Waals surface area contributed by atoms with Crippen molar-refractivity contribution in [3.8, 4) is 0 Å². The van der Waals surface area contributed by atoms with Crippen molar-refractivity contribution in [3.05, 3.63) is 58.6 Å². The molecule has 0 aromatic carbocycles. The molecule has 0 aliphatic carbocycles. The molecule has 3 aromatic rings. The summed E-state index contributed by atoms with van der Waals surface area (Å²) in [5.74, 6) is 1.15. The largest absolute Gasteiger partial charge is 0.355 e. The monoisotopic (exact) mass is 452 g/mol. The van der Waals surface area contributed by atoms with E-state index >= 15 is 0 Å². The maximum absolute atomic E-state index is 7.08. The Labute approximate surface area is 195 Å². The Hall–Kier alpha value is -2.15. The number of anilines is 1. The van der Waals surface area contributed by atoms with Crippen LogP contribution in [0, 0.1) is 6.92 Å². The van der Waals surface area contributed by atoms with Crippen LogP contribution in [0.25, 0.3) is 5.65 Å². The molecule has 0 N–H and O–H groups in total. The van der Waals surface area contributed by atoms with Gasteiger partial charge < -0.3 is 9.80 Å². The van der Waals surface area contributed by atoms with E-state index in [0.717, 1.165) is 74.3 Å². The number of pyridine rings is 2. The molecule has 2 aliphatic rings. The number of likely N-dealkylation sites (tertiary alicyclic amines) is 1. The van der Waals surface area contributed by atoms with Crippen LogP contribution in [0.1, 0.15) is 55.2 Å². The third-order valence-electron chi connectivity index (χ3n) is 7.35. The van der Waals surface area contributed by atoms with E-state index < -0.39 is 0 Å².